The minimum Gasteiger partial charge on any atom is -0.450 e. The highest BCUT2D eigenvalue weighted by Gasteiger charge is 2.29. The molecule has 9 nitrogen and oxygen atoms in total. The predicted molar refractivity (Wildman–Crippen MR) is 163 cm³/mol. The van der Waals surface area contributed by atoms with Crippen LogP contribution >= 0.6 is 11.3 Å². The van der Waals surface area contributed by atoms with Crippen LogP contribution in [0.3, 0.4) is 0 Å². The van der Waals surface area contributed by atoms with E-state index in [9.17, 15) is 23.2 Å². The molecule has 1 aromatic heterocycles. The molecule has 2 aromatic carbocycles. The number of amides is 3. The van der Waals surface area contributed by atoms with Gasteiger partial charge in [-0.1, -0.05) is 54.6 Å². The average molecular weight is 632 g/mol. The number of nitrogens with one attached hydrogen (secondary N) is 2. The lowest BCUT2D eigenvalue weighted by atomic mass is 10.1. The summed E-state index contributed by atoms with van der Waals surface area (Å²) in [6.45, 7) is 2.73. The maximum absolute atomic E-state index is 14.0. The first-order valence-electron chi connectivity index (χ1n) is 14.3. The van der Waals surface area contributed by atoms with E-state index in [-0.39, 0.29) is 31.9 Å². The molecule has 3 aromatic rings. The third kappa shape index (κ3) is 12.6. The van der Waals surface area contributed by atoms with Gasteiger partial charge in [-0.2, -0.15) is 8.78 Å². The summed E-state index contributed by atoms with van der Waals surface area (Å²) in [5, 5.41) is 7.25. The number of carbonyl (C=O) groups excluding carboxylic acids is 3. The van der Waals surface area contributed by atoms with Crippen molar-refractivity contribution in [3.63, 3.8) is 0 Å². The molecule has 0 saturated heterocycles. The zero-order valence-electron chi connectivity index (χ0n) is 25.1. The number of unbranched alkanes of at least 4 members (excludes halogenated alkanes) is 1. The highest BCUT2D eigenvalue weighted by atomic mass is 32.1. The molecular weight excluding hydrogens is 592 g/mol. The van der Waals surface area contributed by atoms with Gasteiger partial charge in [0.05, 0.1) is 13.2 Å². The number of hydrogen-bond acceptors (Lipinski definition) is 7. The fourth-order valence-electron chi connectivity index (χ4n) is 4.22. The fourth-order valence-corrected chi connectivity index (χ4v) is 4.94. The van der Waals surface area contributed by atoms with Gasteiger partial charge in [-0.3, -0.25) is 4.79 Å². The van der Waals surface area contributed by atoms with Crippen molar-refractivity contribution in [2.24, 2.45) is 0 Å². The Morgan fingerprint density at radius 2 is 1.64 bits per heavy atom. The number of nitrogens with zero attached hydrogens (tertiary/aromatic N) is 1. The van der Waals surface area contributed by atoms with Crippen LogP contribution in [0.4, 0.5) is 18.4 Å². The van der Waals surface area contributed by atoms with Gasteiger partial charge in [-0.25, -0.2) is 9.59 Å². The van der Waals surface area contributed by atoms with Crippen LogP contribution in [-0.4, -0.2) is 47.9 Å². The Hall–Kier alpha value is -4.19. The van der Waals surface area contributed by atoms with E-state index in [1.807, 2.05) is 47.8 Å². The molecule has 0 saturated carbocycles. The quantitative estimate of drug-likeness (QED) is 0.177. The molecule has 0 aliphatic rings. The van der Waals surface area contributed by atoms with Crippen LogP contribution in [0.25, 0.3) is 0 Å². The summed E-state index contributed by atoms with van der Waals surface area (Å²) in [6.07, 6.45) is -0.210. The Morgan fingerprint density at radius 3 is 2.32 bits per heavy atom. The lowest BCUT2D eigenvalue weighted by Gasteiger charge is -2.29. The average Bonchev–Trinajstić information content (AvgIpc) is 3.48. The summed E-state index contributed by atoms with van der Waals surface area (Å²) in [5.41, 5.74) is 0.541. The van der Waals surface area contributed by atoms with E-state index in [2.05, 4.69) is 15.4 Å². The van der Waals surface area contributed by atoms with Crippen LogP contribution in [0.15, 0.2) is 72.1 Å². The first kappa shape index (κ1) is 34.3. The number of rotatable bonds is 15. The monoisotopic (exact) mass is 631 g/mol. The van der Waals surface area contributed by atoms with Gasteiger partial charge in [0, 0.05) is 23.5 Å². The van der Waals surface area contributed by atoms with Gasteiger partial charge < -0.3 is 29.7 Å². The van der Waals surface area contributed by atoms with Crippen molar-refractivity contribution in [2.75, 3.05) is 6.61 Å². The topological polar surface area (TPSA) is 106 Å². The van der Waals surface area contributed by atoms with E-state index < -0.39 is 36.3 Å². The fraction of sp³-hybridized carbons (Fsp3) is 0.406. The number of para-hydroxylation sites is 1. The molecule has 0 aliphatic heterocycles. The van der Waals surface area contributed by atoms with Gasteiger partial charge in [-0.05, 0) is 63.1 Å². The molecule has 1 heterocycles. The zero-order chi connectivity index (χ0) is 32.0. The molecule has 0 radical (unpaired) electrons. The number of ether oxygens (including phenoxy) is 3. The van der Waals surface area contributed by atoms with Crippen LogP contribution in [-0.2, 0) is 33.9 Å². The van der Waals surface area contributed by atoms with Crippen molar-refractivity contribution in [3.8, 4) is 5.75 Å². The maximum Gasteiger partial charge on any atom is 0.408 e. The number of benzene rings is 2. The third-order valence-electron chi connectivity index (χ3n) is 6.18. The molecule has 3 rings (SSSR count). The molecule has 44 heavy (non-hydrogen) atoms. The highest BCUT2D eigenvalue weighted by Crippen LogP contribution is 2.24. The minimum atomic E-state index is -3.03. The molecule has 0 bridgehead atoms. The lowest BCUT2D eigenvalue weighted by molar-refractivity contribution is -0.135. The number of hydrogen-bond donors (Lipinski definition) is 2. The lowest BCUT2D eigenvalue weighted by Crippen LogP contribution is -2.49. The number of alkyl halides is 2. The summed E-state index contributed by atoms with van der Waals surface area (Å²) in [6, 6.07) is 18.4. The Labute approximate surface area is 260 Å². The second-order valence-electron chi connectivity index (χ2n) is 10.9. The second-order valence-corrected chi connectivity index (χ2v) is 12.0. The van der Waals surface area contributed by atoms with Gasteiger partial charge in [0.2, 0.25) is 5.91 Å². The Kier molecular flexibility index (Phi) is 13.4. The Balaban J connectivity index is 1.68. The molecule has 3 amide bonds. The van der Waals surface area contributed by atoms with E-state index in [1.165, 1.54) is 22.3 Å². The zero-order valence-corrected chi connectivity index (χ0v) is 25.9. The van der Waals surface area contributed by atoms with Crippen LogP contribution in [0.1, 0.15) is 56.0 Å². The third-order valence-corrected chi connectivity index (χ3v) is 7.04. The van der Waals surface area contributed by atoms with Gasteiger partial charge in [-0.15, -0.1) is 11.3 Å². The summed E-state index contributed by atoms with van der Waals surface area (Å²) in [4.78, 5) is 41.2. The molecule has 0 spiro atoms. The maximum atomic E-state index is 14.0. The van der Waals surface area contributed by atoms with E-state index in [0.717, 1.165) is 10.4 Å². The van der Waals surface area contributed by atoms with Crippen molar-refractivity contribution in [2.45, 2.75) is 77.9 Å². The van der Waals surface area contributed by atoms with E-state index >= 15 is 0 Å². The van der Waals surface area contributed by atoms with Crippen molar-refractivity contribution >= 4 is 29.4 Å². The van der Waals surface area contributed by atoms with Crippen LogP contribution in [0.2, 0.25) is 0 Å². The van der Waals surface area contributed by atoms with Crippen LogP contribution in [0.5, 0.6) is 5.75 Å². The first-order chi connectivity index (χ1) is 21.0. The van der Waals surface area contributed by atoms with Crippen molar-refractivity contribution in [1.82, 2.24) is 15.5 Å². The number of halogens is 2. The summed E-state index contributed by atoms with van der Waals surface area (Å²) < 4.78 is 41.5. The van der Waals surface area contributed by atoms with Gasteiger partial charge >= 0.3 is 18.8 Å². The van der Waals surface area contributed by atoms with Crippen molar-refractivity contribution in [1.29, 1.82) is 0 Å². The molecule has 12 heteroatoms. The van der Waals surface area contributed by atoms with E-state index in [1.54, 1.807) is 39.0 Å². The largest absolute Gasteiger partial charge is 0.450 e. The Bertz CT molecular complexity index is 1320. The SMILES string of the molecule is CC(C)(C)OC(=O)N[C@@H](CCCCOC(=O)NCc1ccccc1)C(=O)N(Cc1cccs1)Cc1ccccc1OC(F)F. The van der Waals surface area contributed by atoms with E-state index in [4.69, 9.17) is 9.47 Å². The Morgan fingerprint density at radius 1 is 0.909 bits per heavy atom. The normalized spacial score (nSPS) is 11.9. The van der Waals surface area contributed by atoms with Crippen LogP contribution in [0, 0.1) is 0 Å². The van der Waals surface area contributed by atoms with E-state index in [0.29, 0.717) is 24.9 Å². The molecule has 1 atom stereocenters. The smallest absolute Gasteiger partial charge is 0.408 e. The van der Waals surface area contributed by atoms with Gasteiger partial charge in [0.25, 0.3) is 0 Å². The van der Waals surface area contributed by atoms with Crippen molar-refractivity contribution in [3.05, 3.63) is 88.1 Å². The molecule has 0 aliphatic carbocycles. The second kappa shape index (κ2) is 17.2. The molecule has 0 unspecified atom stereocenters. The van der Waals surface area contributed by atoms with Gasteiger partial charge in [0.1, 0.15) is 17.4 Å². The number of thiophene rings is 1. The molecule has 238 valence electrons. The molecular formula is C32H39F2N3O6S. The molecule has 2 N–H and O–H groups in total. The first-order valence-corrected chi connectivity index (χ1v) is 15.2. The highest BCUT2D eigenvalue weighted by molar-refractivity contribution is 7.09. The number of alkyl carbamates (subject to hydrolysis) is 2. The number of carbonyl (C=O) groups is 3. The predicted octanol–water partition coefficient (Wildman–Crippen LogP) is 6.87. The van der Waals surface area contributed by atoms with Gasteiger partial charge in [0.15, 0.2) is 0 Å². The molecule has 0 fully saturated rings. The minimum absolute atomic E-state index is 0.0309. The van der Waals surface area contributed by atoms with Crippen molar-refractivity contribution < 1.29 is 37.4 Å². The summed E-state index contributed by atoms with van der Waals surface area (Å²) in [5.74, 6) is -0.455. The summed E-state index contributed by atoms with van der Waals surface area (Å²) >= 11 is 1.45. The standard InChI is InChI=1S/C32H39F2N3O6S/c1-32(2,3)43-31(40)36-26(16-9-10-18-41-30(39)35-20-23-12-5-4-6-13-23)28(38)37(22-25-15-11-19-44-25)21-24-14-7-8-17-27(24)42-29(33)34/h4-8,11-15,17,19,26,29H,9-10,16,18,20-22H2,1-3H3,(H,35,39)(H,36,40)/t26-/m0/s1. The van der Waals surface area contributed by atoms with Crippen LogP contribution < -0.4 is 15.4 Å². The summed E-state index contributed by atoms with van der Waals surface area (Å²) in [7, 11) is 0.